The molecular weight excluding hydrogens is 206 g/mol. The molecule has 0 saturated heterocycles. The van der Waals surface area contributed by atoms with Crippen molar-refractivity contribution in [2.75, 3.05) is 23.3 Å². The van der Waals surface area contributed by atoms with E-state index in [9.17, 15) is 8.42 Å². The normalized spacial score (nSPS) is 11.2. The summed E-state index contributed by atoms with van der Waals surface area (Å²) < 4.78 is 21.1. The molecule has 78 valence electrons. The fraction of sp³-hybridized carbons (Fsp3) is 0.333. The van der Waals surface area contributed by atoms with E-state index in [1.807, 2.05) is 0 Å². The van der Waals surface area contributed by atoms with Crippen LogP contribution in [-0.4, -0.2) is 30.9 Å². The molecule has 0 fully saturated rings. The van der Waals surface area contributed by atoms with E-state index in [0.29, 0.717) is 11.6 Å². The van der Waals surface area contributed by atoms with Gasteiger partial charge in [-0.1, -0.05) is 0 Å². The minimum absolute atomic E-state index is 0.154. The Hall–Kier alpha value is -1.41. The SMILES string of the molecule is Nc1ccc(NCCS(N)(=O)=O)nn1. The number of hydrogen-bond donors (Lipinski definition) is 3. The number of nitrogens with zero attached hydrogens (tertiary/aromatic N) is 2. The Bertz CT molecular complexity index is 387. The summed E-state index contributed by atoms with van der Waals surface area (Å²) in [5, 5.41) is 14.8. The molecule has 0 aliphatic rings. The van der Waals surface area contributed by atoms with E-state index in [-0.39, 0.29) is 12.3 Å². The number of primary sulfonamides is 1. The molecule has 0 bridgehead atoms. The maximum Gasteiger partial charge on any atom is 0.210 e. The first kappa shape index (κ1) is 10.7. The van der Waals surface area contributed by atoms with Crippen LogP contribution in [0.1, 0.15) is 0 Å². The van der Waals surface area contributed by atoms with E-state index in [4.69, 9.17) is 10.9 Å². The molecule has 0 unspecified atom stereocenters. The highest BCUT2D eigenvalue weighted by Gasteiger charge is 2.01. The maximum absolute atomic E-state index is 10.6. The second-order valence-corrected chi connectivity index (χ2v) is 4.37. The van der Waals surface area contributed by atoms with Crippen molar-refractivity contribution < 1.29 is 8.42 Å². The Labute approximate surface area is 81.6 Å². The van der Waals surface area contributed by atoms with Crippen LogP contribution in [0, 0.1) is 0 Å². The lowest BCUT2D eigenvalue weighted by Crippen LogP contribution is -2.22. The van der Waals surface area contributed by atoms with Gasteiger partial charge in [-0.05, 0) is 12.1 Å². The van der Waals surface area contributed by atoms with Crippen molar-refractivity contribution in [3.8, 4) is 0 Å². The molecule has 1 aromatic rings. The van der Waals surface area contributed by atoms with Crippen LogP contribution in [0.25, 0.3) is 0 Å². The fourth-order valence-electron chi connectivity index (χ4n) is 0.758. The quantitative estimate of drug-likeness (QED) is 0.579. The molecule has 7 nitrogen and oxygen atoms in total. The highest BCUT2D eigenvalue weighted by Crippen LogP contribution is 2.01. The van der Waals surface area contributed by atoms with Gasteiger partial charge in [0.2, 0.25) is 10.0 Å². The second-order valence-electron chi connectivity index (χ2n) is 2.64. The van der Waals surface area contributed by atoms with E-state index in [1.54, 1.807) is 12.1 Å². The first-order chi connectivity index (χ1) is 6.47. The van der Waals surface area contributed by atoms with E-state index in [1.165, 1.54) is 0 Å². The summed E-state index contributed by atoms with van der Waals surface area (Å²) in [5.74, 6) is 0.615. The van der Waals surface area contributed by atoms with Gasteiger partial charge in [0.15, 0.2) is 0 Å². The lowest BCUT2D eigenvalue weighted by molar-refractivity contribution is 0.598. The Morgan fingerprint density at radius 1 is 1.36 bits per heavy atom. The molecule has 0 aliphatic heterocycles. The molecule has 0 saturated carbocycles. The topological polar surface area (TPSA) is 124 Å². The zero-order valence-electron chi connectivity index (χ0n) is 7.34. The van der Waals surface area contributed by atoms with E-state index in [2.05, 4.69) is 15.5 Å². The van der Waals surface area contributed by atoms with Gasteiger partial charge in [0.1, 0.15) is 11.6 Å². The van der Waals surface area contributed by atoms with Crippen LogP contribution in [0.15, 0.2) is 12.1 Å². The minimum atomic E-state index is -3.44. The van der Waals surface area contributed by atoms with Crippen LogP contribution >= 0.6 is 0 Å². The average Bonchev–Trinajstić information content (AvgIpc) is 2.06. The van der Waals surface area contributed by atoms with Crippen molar-refractivity contribution in [1.82, 2.24) is 10.2 Å². The molecule has 1 rings (SSSR count). The molecule has 0 aromatic carbocycles. The van der Waals surface area contributed by atoms with Crippen LogP contribution in [0.5, 0.6) is 0 Å². The Morgan fingerprint density at radius 3 is 2.57 bits per heavy atom. The maximum atomic E-state index is 10.6. The summed E-state index contributed by atoms with van der Waals surface area (Å²) in [7, 11) is -3.44. The molecule has 0 atom stereocenters. The zero-order chi connectivity index (χ0) is 10.6. The van der Waals surface area contributed by atoms with Crippen LogP contribution in [0.2, 0.25) is 0 Å². The molecule has 0 radical (unpaired) electrons. The summed E-state index contributed by atoms with van der Waals surface area (Å²) in [6.45, 7) is 0.192. The Balaban J connectivity index is 2.43. The van der Waals surface area contributed by atoms with E-state index < -0.39 is 10.0 Å². The minimum Gasteiger partial charge on any atom is -0.382 e. The lowest BCUT2D eigenvalue weighted by atomic mass is 10.5. The Morgan fingerprint density at radius 2 is 2.07 bits per heavy atom. The van der Waals surface area contributed by atoms with Crippen molar-refractivity contribution >= 4 is 21.7 Å². The van der Waals surface area contributed by atoms with Crippen molar-refractivity contribution in [2.45, 2.75) is 0 Å². The summed E-state index contributed by atoms with van der Waals surface area (Å²) in [6, 6.07) is 3.16. The van der Waals surface area contributed by atoms with Gasteiger partial charge >= 0.3 is 0 Å². The summed E-state index contributed by atoms with van der Waals surface area (Å²) in [6.07, 6.45) is 0. The Kier molecular flexibility index (Phi) is 3.20. The molecule has 8 heteroatoms. The van der Waals surface area contributed by atoms with Gasteiger partial charge in [-0.15, -0.1) is 10.2 Å². The summed E-state index contributed by atoms with van der Waals surface area (Å²) >= 11 is 0. The average molecular weight is 217 g/mol. The first-order valence-corrected chi connectivity index (χ1v) is 5.52. The third kappa shape index (κ3) is 4.01. The molecular formula is C6H11N5O2S. The number of nitrogens with one attached hydrogen (secondary N) is 1. The smallest absolute Gasteiger partial charge is 0.210 e. The molecule has 1 heterocycles. The predicted octanol–water partition coefficient (Wildman–Crippen LogP) is -1.24. The third-order valence-corrected chi connectivity index (χ3v) is 2.15. The molecule has 0 spiro atoms. The number of hydrogen-bond acceptors (Lipinski definition) is 6. The van der Waals surface area contributed by atoms with Gasteiger partial charge < -0.3 is 11.1 Å². The van der Waals surface area contributed by atoms with Gasteiger partial charge in [0.25, 0.3) is 0 Å². The third-order valence-electron chi connectivity index (χ3n) is 1.38. The number of rotatable bonds is 4. The first-order valence-electron chi connectivity index (χ1n) is 3.81. The van der Waals surface area contributed by atoms with Gasteiger partial charge in [-0.25, -0.2) is 13.6 Å². The van der Waals surface area contributed by atoms with Crippen molar-refractivity contribution in [3.05, 3.63) is 12.1 Å². The standard InChI is InChI=1S/C6H11N5O2S/c7-5-1-2-6(11-10-5)9-3-4-14(8,12)13/h1-2H,3-4H2,(H2,7,10)(H,9,11)(H2,8,12,13). The van der Waals surface area contributed by atoms with Crippen molar-refractivity contribution in [1.29, 1.82) is 0 Å². The van der Waals surface area contributed by atoms with E-state index in [0.717, 1.165) is 0 Å². The highest BCUT2D eigenvalue weighted by molar-refractivity contribution is 7.89. The largest absolute Gasteiger partial charge is 0.382 e. The summed E-state index contributed by atoms with van der Waals surface area (Å²) in [4.78, 5) is 0. The lowest BCUT2D eigenvalue weighted by Gasteiger charge is -2.02. The van der Waals surface area contributed by atoms with Crippen molar-refractivity contribution in [3.63, 3.8) is 0 Å². The number of aromatic nitrogens is 2. The number of nitrogen functional groups attached to an aromatic ring is 1. The highest BCUT2D eigenvalue weighted by atomic mass is 32.2. The van der Waals surface area contributed by atoms with Gasteiger partial charge in [0.05, 0.1) is 5.75 Å². The monoisotopic (exact) mass is 217 g/mol. The van der Waals surface area contributed by atoms with Crippen LogP contribution in [0.3, 0.4) is 0 Å². The zero-order valence-corrected chi connectivity index (χ0v) is 8.16. The van der Waals surface area contributed by atoms with Crippen LogP contribution < -0.4 is 16.2 Å². The van der Waals surface area contributed by atoms with Gasteiger partial charge in [-0.3, -0.25) is 0 Å². The van der Waals surface area contributed by atoms with Gasteiger partial charge in [0, 0.05) is 6.54 Å². The molecule has 5 N–H and O–H groups in total. The predicted molar refractivity (Wildman–Crippen MR) is 52.9 cm³/mol. The number of anilines is 2. The van der Waals surface area contributed by atoms with Crippen LogP contribution in [-0.2, 0) is 10.0 Å². The molecule has 0 aliphatic carbocycles. The summed E-state index contributed by atoms with van der Waals surface area (Å²) in [5.41, 5.74) is 5.31. The number of sulfonamides is 1. The molecule has 14 heavy (non-hydrogen) atoms. The molecule has 0 amide bonds. The fourth-order valence-corrected chi connectivity index (χ4v) is 1.14. The van der Waals surface area contributed by atoms with Crippen molar-refractivity contribution in [2.24, 2.45) is 5.14 Å². The number of nitrogens with two attached hydrogens (primary N) is 2. The molecule has 1 aromatic heterocycles. The van der Waals surface area contributed by atoms with Crippen LogP contribution in [0.4, 0.5) is 11.6 Å². The van der Waals surface area contributed by atoms with E-state index >= 15 is 0 Å². The second kappa shape index (κ2) is 4.20. The van der Waals surface area contributed by atoms with Gasteiger partial charge in [-0.2, -0.15) is 0 Å².